The minimum atomic E-state index is -0.0727. The summed E-state index contributed by atoms with van der Waals surface area (Å²) in [6.45, 7) is 7.04. The van der Waals surface area contributed by atoms with E-state index >= 15 is 0 Å². The number of aryl methyl sites for hydroxylation is 2. The number of hydrogen-bond donors (Lipinski definition) is 2. The van der Waals surface area contributed by atoms with Crippen molar-refractivity contribution in [3.05, 3.63) is 28.7 Å². The maximum Gasteiger partial charge on any atom is 0.269 e. The predicted octanol–water partition coefficient (Wildman–Crippen LogP) is 3.85. The molecule has 2 aliphatic carbocycles. The topological polar surface area (TPSA) is 88.0 Å². The molecule has 2 heterocycles. The van der Waals surface area contributed by atoms with Crippen molar-refractivity contribution in [2.75, 3.05) is 30.9 Å². The normalized spacial score (nSPS) is 20.5. The third kappa shape index (κ3) is 5.53. The lowest BCUT2D eigenvalue weighted by Gasteiger charge is -2.30. The molecule has 1 amide bonds. The first-order chi connectivity index (χ1) is 16.1. The molecule has 2 aromatic heterocycles. The van der Waals surface area contributed by atoms with E-state index in [0.29, 0.717) is 24.2 Å². The lowest BCUT2D eigenvalue weighted by molar-refractivity contribution is 0.0934. The van der Waals surface area contributed by atoms with E-state index in [2.05, 4.69) is 55.5 Å². The van der Waals surface area contributed by atoms with Crippen molar-refractivity contribution < 1.29 is 4.79 Å². The van der Waals surface area contributed by atoms with Crippen LogP contribution in [0.2, 0.25) is 0 Å². The molecule has 1 saturated carbocycles. The zero-order valence-corrected chi connectivity index (χ0v) is 21.7. The Morgan fingerprint density at radius 3 is 2.47 bits per heavy atom. The number of amides is 1. The molecule has 4 rings (SSSR count). The Kier molecular flexibility index (Phi) is 7.14. The van der Waals surface area contributed by atoms with Crippen LogP contribution in [0, 0.1) is 5.92 Å². The molecule has 0 aliphatic heterocycles. The van der Waals surface area contributed by atoms with Gasteiger partial charge in [0.25, 0.3) is 5.91 Å². The fourth-order valence-electron chi connectivity index (χ4n) is 5.08. The van der Waals surface area contributed by atoms with Gasteiger partial charge in [-0.15, -0.1) is 0 Å². The van der Waals surface area contributed by atoms with Gasteiger partial charge < -0.3 is 15.5 Å². The van der Waals surface area contributed by atoms with Crippen LogP contribution < -0.4 is 15.5 Å². The number of aromatic nitrogens is 4. The molecule has 0 spiro atoms. The van der Waals surface area contributed by atoms with Crippen LogP contribution in [0.25, 0.3) is 0 Å². The largest absolute Gasteiger partial charge is 0.362 e. The Bertz CT molecular complexity index is 1010. The Hall–Kier alpha value is -2.64. The molecule has 34 heavy (non-hydrogen) atoms. The minimum absolute atomic E-state index is 0.0376. The second-order valence-corrected chi connectivity index (χ2v) is 11.3. The minimum Gasteiger partial charge on any atom is -0.362 e. The summed E-state index contributed by atoms with van der Waals surface area (Å²) in [5, 5.41) is 11.3. The highest BCUT2D eigenvalue weighted by Crippen LogP contribution is 2.30. The van der Waals surface area contributed by atoms with Crippen LogP contribution in [0.4, 0.5) is 11.8 Å². The molecule has 0 atom stereocenters. The molecular weight excluding hydrogens is 426 g/mol. The molecule has 2 aliphatic rings. The van der Waals surface area contributed by atoms with E-state index < -0.39 is 0 Å². The molecule has 8 nitrogen and oxygen atoms in total. The van der Waals surface area contributed by atoms with Gasteiger partial charge in [-0.3, -0.25) is 9.48 Å². The van der Waals surface area contributed by atoms with E-state index in [1.165, 1.54) is 24.1 Å². The van der Waals surface area contributed by atoms with E-state index in [1.54, 1.807) is 4.68 Å². The summed E-state index contributed by atoms with van der Waals surface area (Å²) in [5.41, 5.74) is 4.03. The van der Waals surface area contributed by atoms with Gasteiger partial charge in [-0.2, -0.15) is 10.1 Å². The zero-order valence-electron chi connectivity index (χ0n) is 21.7. The summed E-state index contributed by atoms with van der Waals surface area (Å²) < 4.78 is 1.69. The molecule has 186 valence electrons. The van der Waals surface area contributed by atoms with Gasteiger partial charge in [0.2, 0.25) is 5.95 Å². The first-order valence-electron chi connectivity index (χ1n) is 12.8. The van der Waals surface area contributed by atoms with Gasteiger partial charge in [0.15, 0.2) is 0 Å². The number of anilines is 2. The average molecular weight is 468 g/mol. The summed E-state index contributed by atoms with van der Waals surface area (Å²) in [4.78, 5) is 24.6. The first-order valence-corrected chi connectivity index (χ1v) is 12.8. The molecule has 1 fully saturated rings. The van der Waals surface area contributed by atoms with Gasteiger partial charge in [0.05, 0.1) is 11.4 Å². The van der Waals surface area contributed by atoms with Crippen LogP contribution in [0.3, 0.4) is 0 Å². The fraction of sp³-hybridized carbons (Fsp3) is 0.692. The molecule has 0 radical (unpaired) electrons. The molecule has 0 bridgehead atoms. The van der Waals surface area contributed by atoms with Crippen molar-refractivity contribution >= 4 is 17.7 Å². The molecule has 0 aromatic carbocycles. The first kappa shape index (κ1) is 24.5. The van der Waals surface area contributed by atoms with Crippen LogP contribution >= 0.6 is 0 Å². The number of nitrogens with zero attached hydrogens (tertiary/aromatic N) is 5. The number of hydrogen-bond acceptors (Lipinski definition) is 6. The number of carbonyl (C=O) groups is 1. The van der Waals surface area contributed by atoms with Gasteiger partial charge in [0, 0.05) is 44.7 Å². The van der Waals surface area contributed by atoms with Crippen molar-refractivity contribution in [3.63, 3.8) is 0 Å². The summed E-state index contributed by atoms with van der Waals surface area (Å²) in [5.74, 6) is 2.30. The van der Waals surface area contributed by atoms with Crippen LogP contribution in [-0.2, 0) is 25.3 Å². The fourth-order valence-corrected chi connectivity index (χ4v) is 5.08. The van der Waals surface area contributed by atoms with Crippen molar-refractivity contribution in [1.82, 2.24) is 25.1 Å². The average Bonchev–Trinajstić information content (AvgIpc) is 3.20. The summed E-state index contributed by atoms with van der Waals surface area (Å²) in [6.07, 6.45) is 8.87. The number of nitrogens with one attached hydrogen (secondary N) is 2. The number of carbonyl (C=O) groups excluding carboxylic acids is 1. The van der Waals surface area contributed by atoms with Gasteiger partial charge in [-0.1, -0.05) is 20.8 Å². The highest BCUT2D eigenvalue weighted by Gasteiger charge is 2.26. The molecule has 0 saturated heterocycles. The summed E-state index contributed by atoms with van der Waals surface area (Å²) in [6, 6.07) is 2.30. The SMILES string of the molecule is CN(C)c1nc(N[C@H]2CC[C@@H](CNC(=O)c3cc(C(C)(C)C)nn3C)CC2)nc2c1CCCC2. The summed E-state index contributed by atoms with van der Waals surface area (Å²) >= 11 is 0. The van der Waals surface area contributed by atoms with Gasteiger partial charge in [0.1, 0.15) is 11.5 Å². The molecule has 8 heteroatoms. The highest BCUT2D eigenvalue weighted by atomic mass is 16.2. The molecule has 2 N–H and O–H groups in total. The van der Waals surface area contributed by atoms with Crippen molar-refractivity contribution in [1.29, 1.82) is 0 Å². The van der Waals surface area contributed by atoms with Gasteiger partial charge in [-0.25, -0.2) is 4.98 Å². The van der Waals surface area contributed by atoms with Gasteiger partial charge in [-0.05, 0) is 63.4 Å². The maximum atomic E-state index is 12.8. The van der Waals surface area contributed by atoms with Crippen molar-refractivity contribution in [3.8, 4) is 0 Å². The van der Waals surface area contributed by atoms with Crippen LogP contribution in [-0.4, -0.2) is 52.3 Å². The van der Waals surface area contributed by atoms with E-state index in [1.807, 2.05) is 13.1 Å². The lowest BCUT2D eigenvalue weighted by Crippen LogP contribution is -2.35. The third-order valence-corrected chi connectivity index (χ3v) is 7.20. The molecular formula is C26H41N7O. The number of rotatable bonds is 6. The van der Waals surface area contributed by atoms with Gasteiger partial charge >= 0.3 is 0 Å². The van der Waals surface area contributed by atoms with Crippen LogP contribution in [0.1, 0.15) is 86.7 Å². The van der Waals surface area contributed by atoms with Crippen molar-refractivity contribution in [2.24, 2.45) is 13.0 Å². The second-order valence-electron chi connectivity index (χ2n) is 11.3. The van der Waals surface area contributed by atoms with E-state index in [-0.39, 0.29) is 11.3 Å². The Labute approximate surface area is 203 Å². The van der Waals surface area contributed by atoms with E-state index in [9.17, 15) is 4.79 Å². The lowest BCUT2D eigenvalue weighted by atomic mass is 9.86. The second kappa shape index (κ2) is 9.92. The smallest absolute Gasteiger partial charge is 0.269 e. The number of fused-ring (bicyclic) bond motifs is 1. The Morgan fingerprint density at radius 2 is 1.82 bits per heavy atom. The van der Waals surface area contributed by atoms with Crippen molar-refractivity contribution in [2.45, 2.75) is 83.6 Å². The Morgan fingerprint density at radius 1 is 1.12 bits per heavy atom. The quantitative estimate of drug-likeness (QED) is 0.671. The summed E-state index contributed by atoms with van der Waals surface area (Å²) in [7, 11) is 5.97. The van der Waals surface area contributed by atoms with E-state index in [4.69, 9.17) is 9.97 Å². The maximum absolute atomic E-state index is 12.8. The van der Waals surface area contributed by atoms with Crippen LogP contribution in [0.5, 0.6) is 0 Å². The molecule has 2 aromatic rings. The standard InChI is InChI=1S/C26H41N7O/c1-26(2,3)22-15-21(33(6)31-22)24(34)27-16-17-11-13-18(14-12-17)28-25-29-20-10-8-7-9-19(20)23(30-25)32(4)5/h15,17-18H,7-14,16H2,1-6H3,(H,27,34)(H,28,29,30)/t17-,18+. The van der Waals surface area contributed by atoms with E-state index in [0.717, 1.165) is 56.0 Å². The predicted molar refractivity (Wildman–Crippen MR) is 137 cm³/mol. The Balaban J connectivity index is 1.29. The monoisotopic (exact) mass is 467 g/mol. The highest BCUT2D eigenvalue weighted by molar-refractivity contribution is 5.92. The third-order valence-electron chi connectivity index (χ3n) is 7.20. The zero-order chi connectivity index (χ0) is 24.5. The van der Waals surface area contributed by atoms with Crippen LogP contribution in [0.15, 0.2) is 6.07 Å². The molecule has 0 unspecified atom stereocenters.